The summed E-state index contributed by atoms with van der Waals surface area (Å²) in [6, 6.07) is 6.22. The second kappa shape index (κ2) is 3.84. The zero-order chi connectivity index (χ0) is 11.1. The largest absolute Gasteiger partial charge is 0.384 e. The van der Waals surface area contributed by atoms with Crippen molar-refractivity contribution >= 4 is 11.8 Å². The van der Waals surface area contributed by atoms with Crippen LogP contribution >= 0.6 is 11.8 Å². The van der Waals surface area contributed by atoms with Gasteiger partial charge >= 0.3 is 0 Å². The van der Waals surface area contributed by atoms with Gasteiger partial charge in [-0.05, 0) is 37.0 Å². The van der Waals surface area contributed by atoms with Crippen molar-refractivity contribution in [2.75, 3.05) is 5.75 Å². The molecule has 82 valence electrons. The average Bonchev–Trinajstić information content (AvgIpc) is 2.52. The number of hydrogen-bond donors (Lipinski definition) is 1. The fraction of sp³-hybridized carbons (Fsp3) is 0.538. The fourth-order valence-corrected chi connectivity index (χ4v) is 3.54. The maximum Gasteiger partial charge on any atom is 0.0999 e. The minimum atomic E-state index is -0.597. The summed E-state index contributed by atoms with van der Waals surface area (Å²) in [6.07, 6.45) is 0.877. The molecule has 0 bridgehead atoms. The number of aryl methyl sites for hydroxylation is 1. The predicted octanol–water partition coefficient (Wildman–Crippen LogP) is 3.02. The summed E-state index contributed by atoms with van der Waals surface area (Å²) in [4.78, 5) is 0. The van der Waals surface area contributed by atoms with E-state index in [4.69, 9.17) is 0 Å². The van der Waals surface area contributed by atoms with Crippen LogP contribution in [-0.2, 0) is 5.60 Å². The zero-order valence-corrected chi connectivity index (χ0v) is 10.4. The van der Waals surface area contributed by atoms with Crippen molar-refractivity contribution in [1.82, 2.24) is 0 Å². The molecule has 1 aliphatic rings. The molecule has 1 aromatic carbocycles. The standard InChI is InChI=1S/C13H18OS/c1-9-5-4-6-12(11(9)3)13(14)7-10(2)15-8-13/h4-6,10,14H,7-8H2,1-3H3. The molecule has 1 aliphatic heterocycles. The summed E-state index contributed by atoms with van der Waals surface area (Å²) in [6.45, 7) is 6.40. The molecule has 2 unspecified atom stereocenters. The molecule has 0 amide bonds. The Kier molecular flexibility index (Phi) is 2.82. The second-order valence-electron chi connectivity index (χ2n) is 4.60. The first kappa shape index (κ1) is 11.0. The summed E-state index contributed by atoms with van der Waals surface area (Å²) < 4.78 is 0. The summed E-state index contributed by atoms with van der Waals surface area (Å²) in [7, 11) is 0. The molecule has 2 rings (SSSR count). The highest BCUT2D eigenvalue weighted by molar-refractivity contribution is 8.00. The van der Waals surface area contributed by atoms with Gasteiger partial charge in [0.2, 0.25) is 0 Å². The Labute approximate surface area is 95.9 Å². The first-order valence-electron chi connectivity index (χ1n) is 5.43. The van der Waals surface area contributed by atoms with E-state index in [1.165, 1.54) is 11.1 Å². The van der Waals surface area contributed by atoms with E-state index in [-0.39, 0.29) is 0 Å². The van der Waals surface area contributed by atoms with Gasteiger partial charge in [-0.2, -0.15) is 11.8 Å². The molecule has 2 heteroatoms. The normalized spacial score (nSPS) is 30.8. The molecule has 1 heterocycles. The van der Waals surface area contributed by atoms with E-state index in [2.05, 4.69) is 32.9 Å². The van der Waals surface area contributed by atoms with Crippen LogP contribution in [0.25, 0.3) is 0 Å². The molecule has 0 spiro atoms. The third-order valence-corrected chi connectivity index (χ3v) is 4.72. The third-order valence-electron chi connectivity index (χ3n) is 3.34. The summed E-state index contributed by atoms with van der Waals surface area (Å²) in [5, 5.41) is 11.2. The van der Waals surface area contributed by atoms with Gasteiger partial charge in [0, 0.05) is 11.0 Å². The van der Waals surface area contributed by atoms with Gasteiger partial charge in [-0.1, -0.05) is 25.1 Å². The summed E-state index contributed by atoms with van der Waals surface area (Å²) in [5.74, 6) is 0.832. The molecule has 1 saturated heterocycles. The lowest BCUT2D eigenvalue weighted by Gasteiger charge is -2.25. The first-order valence-corrected chi connectivity index (χ1v) is 6.48. The molecule has 1 N–H and O–H groups in total. The Morgan fingerprint density at radius 1 is 1.40 bits per heavy atom. The van der Waals surface area contributed by atoms with Gasteiger partial charge < -0.3 is 5.11 Å². The smallest absolute Gasteiger partial charge is 0.0999 e. The number of hydrogen-bond acceptors (Lipinski definition) is 2. The van der Waals surface area contributed by atoms with E-state index >= 15 is 0 Å². The van der Waals surface area contributed by atoms with E-state index in [1.54, 1.807) is 0 Å². The van der Waals surface area contributed by atoms with E-state index in [0.717, 1.165) is 17.7 Å². The van der Waals surface area contributed by atoms with Crippen LogP contribution in [-0.4, -0.2) is 16.1 Å². The molecule has 1 aromatic rings. The predicted molar refractivity (Wildman–Crippen MR) is 66.3 cm³/mol. The quantitative estimate of drug-likeness (QED) is 0.788. The molecule has 2 atom stereocenters. The van der Waals surface area contributed by atoms with Crippen LogP contribution in [0.4, 0.5) is 0 Å². The second-order valence-corrected chi connectivity index (χ2v) is 6.03. The molecule has 1 nitrogen and oxygen atoms in total. The van der Waals surface area contributed by atoms with E-state index in [0.29, 0.717) is 5.25 Å². The number of rotatable bonds is 1. The minimum Gasteiger partial charge on any atom is -0.384 e. The van der Waals surface area contributed by atoms with Crippen LogP contribution in [0.3, 0.4) is 0 Å². The Morgan fingerprint density at radius 2 is 2.13 bits per heavy atom. The van der Waals surface area contributed by atoms with Gasteiger partial charge in [0.1, 0.15) is 0 Å². The highest BCUT2D eigenvalue weighted by Crippen LogP contribution is 2.42. The molecule has 0 aromatic heterocycles. The number of benzene rings is 1. The lowest BCUT2D eigenvalue weighted by molar-refractivity contribution is 0.0605. The van der Waals surface area contributed by atoms with E-state index in [9.17, 15) is 5.11 Å². The summed E-state index contributed by atoms with van der Waals surface area (Å²) >= 11 is 1.86. The Morgan fingerprint density at radius 3 is 2.73 bits per heavy atom. The van der Waals surface area contributed by atoms with Gasteiger partial charge in [-0.15, -0.1) is 0 Å². The van der Waals surface area contributed by atoms with Crippen LogP contribution in [0.2, 0.25) is 0 Å². The topological polar surface area (TPSA) is 20.2 Å². The summed E-state index contributed by atoms with van der Waals surface area (Å²) in [5.41, 5.74) is 3.04. The van der Waals surface area contributed by atoms with Crippen LogP contribution in [0.1, 0.15) is 30.0 Å². The van der Waals surface area contributed by atoms with Gasteiger partial charge in [0.25, 0.3) is 0 Å². The SMILES string of the molecule is Cc1cccc(C2(O)CSC(C)C2)c1C. The van der Waals surface area contributed by atoms with Crippen molar-refractivity contribution < 1.29 is 5.11 Å². The Hall–Kier alpha value is -0.470. The van der Waals surface area contributed by atoms with E-state index < -0.39 is 5.60 Å². The zero-order valence-electron chi connectivity index (χ0n) is 9.58. The fourth-order valence-electron chi connectivity index (χ4n) is 2.32. The molecule has 0 radical (unpaired) electrons. The first-order chi connectivity index (χ1) is 7.03. The maximum atomic E-state index is 10.6. The lowest BCUT2D eigenvalue weighted by Crippen LogP contribution is -2.26. The van der Waals surface area contributed by atoms with Crippen molar-refractivity contribution in [1.29, 1.82) is 0 Å². The Bertz CT molecular complexity index is 375. The molecule has 1 fully saturated rings. The maximum absolute atomic E-state index is 10.6. The highest BCUT2D eigenvalue weighted by atomic mass is 32.2. The van der Waals surface area contributed by atoms with Gasteiger partial charge in [-0.3, -0.25) is 0 Å². The van der Waals surface area contributed by atoms with Gasteiger partial charge in [-0.25, -0.2) is 0 Å². The van der Waals surface area contributed by atoms with Crippen molar-refractivity contribution in [3.8, 4) is 0 Å². The third kappa shape index (κ3) is 1.93. The van der Waals surface area contributed by atoms with Crippen molar-refractivity contribution in [3.05, 3.63) is 34.9 Å². The monoisotopic (exact) mass is 222 g/mol. The van der Waals surface area contributed by atoms with Crippen LogP contribution < -0.4 is 0 Å². The Balaban J connectivity index is 2.41. The number of thioether (sulfide) groups is 1. The highest BCUT2D eigenvalue weighted by Gasteiger charge is 2.38. The average molecular weight is 222 g/mol. The van der Waals surface area contributed by atoms with Crippen molar-refractivity contribution in [2.24, 2.45) is 0 Å². The van der Waals surface area contributed by atoms with Crippen molar-refractivity contribution in [2.45, 2.75) is 38.0 Å². The minimum absolute atomic E-state index is 0.565. The van der Waals surface area contributed by atoms with E-state index in [1.807, 2.05) is 17.8 Å². The molecular weight excluding hydrogens is 204 g/mol. The lowest BCUT2D eigenvalue weighted by atomic mass is 9.87. The number of aliphatic hydroxyl groups is 1. The molecule has 15 heavy (non-hydrogen) atoms. The van der Waals surface area contributed by atoms with Crippen LogP contribution in [0.5, 0.6) is 0 Å². The molecule has 0 saturated carbocycles. The van der Waals surface area contributed by atoms with Gasteiger partial charge in [0.15, 0.2) is 0 Å². The van der Waals surface area contributed by atoms with Gasteiger partial charge in [0.05, 0.1) is 5.60 Å². The molecule has 0 aliphatic carbocycles. The van der Waals surface area contributed by atoms with Crippen molar-refractivity contribution in [3.63, 3.8) is 0 Å². The molecular formula is C13H18OS. The van der Waals surface area contributed by atoms with Crippen LogP contribution in [0, 0.1) is 13.8 Å². The van der Waals surface area contributed by atoms with Crippen LogP contribution in [0.15, 0.2) is 18.2 Å².